The number of rotatable bonds is 4. The van der Waals surface area contributed by atoms with Gasteiger partial charge in [0.05, 0.1) is 25.9 Å². The van der Waals surface area contributed by atoms with Crippen LogP contribution in [0.4, 0.5) is 5.69 Å². The molecule has 1 aliphatic rings. The van der Waals surface area contributed by atoms with Crippen LogP contribution in [-0.4, -0.2) is 36.3 Å². The summed E-state index contributed by atoms with van der Waals surface area (Å²) in [5.74, 6) is 1.21. The highest BCUT2D eigenvalue weighted by Gasteiger charge is 2.18. The van der Waals surface area contributed by atoms with Gasteiger partial charge < -0.3 is 4.74 Å². The first kappa shape index (κ1) is 14.9. The number of nitrogens with one attached hydrogen (secondary N) is 1. The molecule has 1 aliphatic heterocycles. The van der Waals surface area contributed by atoms with E-state index in [1.54, 1.807) is 7.11 Å². The van der Waals surface area contributed by atoms with Gasteiger partial charge >= 0.3 is 5.84 Å². The lowest BCUT2D eigenvalue weighted by molar-refractivity contribution is -0.536. The van der Waals surface area contributed by atoms with Gasteiger partial charge in [0, 0.05) is 0 Å². The predicted octanol–water partition coefficient (Wildman–Crippen LogP) is 1.54. The summed E-state index contributed by atoms with van der Waals surface area (Å²) in [6.07, 6.45) is 3.42. The van der Waals surface area contributed by atoms with Crippen molar-refractivity contribution in [1.82, 2.24) is 0 Å². The zero-order valence-electron chi connectivity index (χ0n) is 12.2. The molecule has 21 heavy (non-hydrogen) atoms. The summed E-state index contributed by atoms with van der Waals surface area (Å²) in [5, 5.41) is 13.3. The Bertz CT molecular complexity index is 575. The van der Waals surface area contributed by atoms with E-state index < -0.39 is 0 Å². The maximum Gasteiger partial charge on any atom is 0.306 e. The van der Waals surface area contributed by atoms with Crippen molar-refractivity contribution in [1.29, 1.82) is 5.26 Å². The van der Waals surface area contributed by atoms with Gasteiger partial charge in [-0.25, -0.2) is 0 Å². The quantitative estimate of drug-likeness (QED) is 0.380. The first-order valence-corrected chi connectivity index (χ1v) is 7.00. The summed E-state index contributed by atoms with van der Waals surface area (Å²) in [5.41, 5.74) is 9.88. The standard InChI is InChI=1S/C15H19N5O/c1-21-13-7-5-12(6-8-13)18-19-14(11-16)15(17)20-9-3-2-4-10-20/h5-8H,2-4,9-10H2,1H3,(H2,17,18)/p+1. The molecular weight excluding hydrogens is 266 g/mol. The molecular formula is C15H20N5O+. The lowest BCUT2D eigenvalue weighted by atomic mass is 10.1. The molecule has 0 amide bonds. The molecule has 6 heteroatoms. The highest BCUT2D eigenvalue weighted by molar-refractivity contribution is 6.45. The summed E-state index contributed by atoms with van der Waals surface area (Å²) in [7, 11) is 1.61. The highest BCUT2D eigenvalue weighted by Crippen LogP contribution is 2.14. The minimum absolute atomic E-state index is 0.215. The van der Waals surface area contributed by atoms with E-state index in [0.717, 1.165) is 37.4 Å². The molecule has 0 bridgehead atoms. The third-order valence-corrected chi connectivity index (χ3v) is 3.43. The SMILES string of the molecule is COc1ccc(N/N=C(/C#N)C(N)=[N+]2CCCCC2)cc1. The average molecular weight is 286 g/mol. The fraction of sp³-hybridized carbons (Fsp3) is 0.400. The minimum Gasteiger partial charge on any atom is -0.497 e. The molecule has 0 radical (unpaired) electrons. The van der Waals surface area contributed by atoms with Crippen LogP contribution in [0.1, 0.15) is 19.3 Å². The first-order chi connectivity index (χ1) is 10.2. The van der Waals surface area contributed by atoms with Gasteiger partial charge in [-0.15, -0.1) is 0 Å². The number of nitrogens with two attached hydrogens (primary N) is 1. The smallest absolute Gasteiger partial charge is 0.306 e. The zero-order valence-corrected chi connectivity index (χ0v) is 12.2. The number of hydrazone groups is 1. The van der Waals surface area contributed by atoms with Gasteiger partial charge in [-0.05, 0) is 43.5 Å². The molecule has 3 N–H and O–H groups in total. The molecule has 1 aromatic carbocycles. The molecule has 0 aliphatic carbocycles. The molecule has 110 valence electrons. The van der Waals surface area contributed by atoms with E-state index in [4.69, 9.17) is 10.5 Å². The molecule has 0 atom stereocenters. The van der Waals surface area contributed by atoms with E-state index in [0.29, 0.717) is 5.84 Å². The number of nitrogens with zero attached hydrogens (tertiary/aromatic N) is 3. The van der Waals surface area contributed by atoms with Gasteiger partial charge in [0.25, 0.3) is 0 Å². The highest BCUT2D eigenvalue weighted by atomic mass is 16.5. The van der Waals surface area contributed by atoms with E-state index in [1.807, 2.05) is 28.8 Å². The Morgan fingerprint density at radius 1 is 1.29 bits per heavy atom. The largest absolute Gasteiger partial charge is 0.497 e. The first-order valence-electron chi connectivity index (χ1n) is 7.00. The van der Waals surface area contributed by atoms with E-state index in [1.165, 1.54) is 6.42 Å². The maximum atomic E-state index is 9.22. The fourth-order valence-corrected chi connectivity index (χ4v) is 2.21. The predicted molar refractivity (Wildman–Crippen MR) is 82.7 cm³/mol. The van der Waals surface area contributed by atoms with Crippen LogP contribution in [0.25, 0.3) is 0 Å². The molecule has 1 fully saturated rings. The second kappa shape index (κ2) is 7.29. The fourth-order valence-electron chi connectivity index (χ4n) is 2.21. The van der Waals surface area contributed by atoms with Crippen molar-refractivity contribution in [3.8, 4) is 11.8 Å². The minimum atomic E-state index is 0.215. The van der Waals surface area contributed by atoms with Crippen LogP contribution >= 0.6 is 0 Å². The zero-order chi connectivity index (χ0) is 15.1. The number of nitriles is 1. The number of methoxy groups -OCH3 is 1. The molecule has 1 heterocycles. The number of hydrogen-bond donors (Lipinski definition) is 2. The molecule has 1 saturated heterocycles. The molecule has 0 saturated carbocycles. The van der Waals surface area contributed by atoms with Crippen molar-refractivity contribution in [2.24, 2.45) is 10.8 Å². The number of ether oxygens (including phenoxy) is 1. The van der Waals surface area contributed by atoms with Crippen molar-refractivity contribution >= 4 is 17.2 Å². The second-order valence-electron chi connectivity index (χ2n) is 4.85. The molecule has 0 unspecified atom stereocenters. The number of piperidine rings is 1. The molecule has 1 aromatic rings. The number of hydrogen-bond acceptors (Lipinski definition) is 4. The summed E-state index contributed by atoms with van der Waals surface area (Å²) in [6, 6.07) is 9.35. The van der Waals surface area contributed by atoms with Crippen molar-refractivity contribution in [2.45, 2.75) is 19.3 Å². The topological polar surface area (TPSA) is 86.4 Å². The second-order valence-corrected chi connectivity index (χ2v) is 4.85. The van der Waals surface area contributed by atoms with Crippen LogP contribution in [-0.2, 0) is 0 Å². The number of amidine groups is 1. The summed E-state index contributed by atoms with van der Waals surface area (Å²) in [4.78, 5) is 0. The van der Waals surface area contributed by atoms with E-state index in [9.17, 15) is 5.26 Å². The molecule has 2 rings (SSSR count). The monoisotopic (exact) mass is 286 g/mol. The van der Waals surface area contributed by atoms with Crippen LogP contribution in [0, 0.1) is 11.3 Å². The van der Waals surface area contributed by atoms with Crippen LogP contribution in [0.15, 0.2) is 29.4 Å². The van der Waals surface area contributed by atoms with E-state index >= 15 is 0 Å². The van der Waals surface area contributed by atoms with Crippen LogP contribution < -0.4 is 15.9 Å². The molecule has 0 spiro atoms. The van der Waals surface area contributed by atoms with Gasteiger partial charge in [-0.3, -0.25) is 15.7 Å². The van der Waals surface area contributed by atoms with E-state index in [-0.39, 0.29) is 5.71 Å². The van der Waals surface area contributed by atoms with Crippen molar-refractivity contribution in [3.63, 3.8) is 0 Å². The Hall–Kier alpha value is -2.55. The van der Waals surface area contributed by atoms with E-state index in [2.05, 4.69) is 16.6 Å². The molecule has 0 aromatic heterocycles. The van der Waals surface area contributed by atoms with Crippen LogP contribution in [0.2, 0.25) is 0 Å². The normalized spacial score (nSPS) is 15.2. The Balaban J connectivity index is 2.11. The lowest BCUT2D eigenvalue weighted by Gasteiger charge is -2.14. The number of anilines is 1. The number of benzene rings is 1. The van der Waals surface area contributed by atoms with Gasteiger partial charge in [0.2, 0.25) is 5.71 Å². The lowest BCUT2D eigenvalue weighted by Crippen LogP contribution is -2.38. The average Bonchev–Trinajstić information content (AvgIpc) is 2.56. The Morgan fingerprint density at radius 2 is 1.95 bits per heavy atom. The van der Waals surface area contributed by atoms with Gasteiger partial charge in [0.1, 0.15) is 11.8 Å². The van der Waals surface area contributed by atoms with Gasteiger partial charge in [-0.2, -0.15) is 10.4 Å². The summed E-state index contributed by atoms with van der Waals surface area (Å²) >= 11 is 0. The third kappa shape index (κ3) is 3.96. The Kier molecular flexibility index (Phi) is 5.16. The van der Waals surface area contributed by atoms with Gasteiger partial charge in [0.15, 0.2) is 0 Å². The van der Waals surface area contributed by atoms with Crippen molar-refractivity contribution in [2.75, 3.05) is 25.6 Å². The third-order valence-electron chi connectivity index (χ3n) is 3.43. The Labute approximate surface area is 124 Å². The molecule has 6 nitrogen and oxygen atoms in total. The summed E-state index contributed by atoms with van der Waals surface area (Å²) < 4.78 is 7.10. The Morgan fingerprint density at radius 3 is 2.52 bits per heavy atom. The summed E-state index contributed by atoms with van der Waals surface area (Å²) in [6.45, 7) is 1.77. The van der Waals surface area contributed by atoms with Crippen molar-refractivity contribution in [3.05, 3.63) is 24.3 Å². The van der Waals surface area contributed by atoms with Gasteiger partial charge in [-0.1, -0.05) is 0 Å². The van der Waals surface area contributed by atoms with Crippen LogP contribution in [0.5, 0.6) is 5.75 Å². The maximum absolute atomic E-state index is 9.22. The van der Waals surface area contributed by atoms with Crippen LogP contribution in [0.3, 0.4) is 0 Å². The van der Waals surface area contributed by atoms with Crippen molar-refractivity contribution < 1.29 is 9.31 Å².